The molecule has 7 heteroatoms. The molecule has 0 aliphatic rings. The summed E-state index contributed by atoms with van der Waals surface area (Å²) in [6.45, 7) is 9.56. The van der Waals surface area contributed by atoms with E-state index in [4.69, 9.17) is 0 Å². The first kappa shape index (κ1) is 32.3. The van der Waals surface area contributed by atoms with Gasteiger partial charge in [0.05, 0.1) is 0 Å². The van der Waals surface area contributed by atoms with Crippen LogP contribution in [0.25, 0.3) is 0 Å². The fraction of sp³-hybridized carbons (Fsp3) is 0.364. The van der Waals surface area contributed by atoms with Crippen LogP contribution in [0.15, 0.2) is 48.5 Å². The molecule has 0 amide bonds. The second kappa shape index (κ2) is 21.3. The van der Waals surface area contributed by atoms with E-state index in [1.807, 2.05) is 28.2 Å². The second-order valence-electron chi connectivity index (χ2n) is 6.17. The maximum absolute atomic E-state index is 12.0. The minimum absolute atomic E-state index is 0. The van der Waals surface area contributed by atoms with Gasteiger partial charge in [-0.15, -0.1) is 0 Å². The third kappa shape index (κ3) is 22.8. The molecular weight excluding hydrogens is 481 g/mol. The largest absolute Gasteiger partial charge is 2.00 e. The Bertz CT molecular complexity index is 519. The van der Waals surface area contributed by atoms with Crippen molar-refractivity contribution in [2.24, 2.45) is 0 Å². The van der Waals surface area contributed by atoms with Gasteiger partial charge in [-0.05, 0) is 66.3 Å². The molecule has 0 unspecified atom stereocenters. The Morgan fingerprint density at radius 1 is 0.690 bits per heavy atom. The van der Waals surface area contributed by atoms with Crippen molar-refractivity contribution >= 4 is 23.9 Å². The quantitative estimate of drug-likeness (QED) is 0.591. The van der Waals surface area contributed by atoms with Crippen LogP contribution < -0.4 is 10.2 Å². The first-order valence-electron chi connectivity index (χ1n) is 8.86. The molecule has 4 nitrogen and oxygen atoms in total. The topological polar surface area (TPSA) is 52.6 Å². The zero-order valence-electron chi connectivity index (χ0n) is 17.8. The number of benzene rings is 2. The van der Waals surface area contributed by atoms with Gasteiger partial charge in [-0.25, -0.2) is 8.78 Å². The second-order valence-corrected chi connectivity index (χ2v) is 6.17. The Morgan fingerprint density at radius 2 is 0.966 bits per heavy atom. The fourth-order valence-corrected chi connectivity index (χ4v) is 1.52. The predicted molar refractivity (Wildman–Crippen MR) is 115 cm³/mol. The van der Waals surface area contributed by atoms with Crippen LogP contribution in [0.5, 0.6) is 11.5 Å². The van der Waals surface area contributed by atoms with Gasteiger partial charge in [0.25, 0.3) is 0 Å². The summed E-state index contributed by atoms with van der Waals surface area (Å²) in [5.74, 6) is -2.47. The van der Waals surface area contributed by atoms with Crippen LogP contribution in [-0.2, 0) is 0 Å². The van der Waals surface area contributed by atoms with E-state index in [9.17, 15) is 19.0 Å². The molecule has 0 aliphatic carbocycles. The molecule has 0 aromatic heterocycles. The summed E-state index contributed by atoms with van der Waals surface area (Å²) in [6, 6.07) is 10.6. The molecule has 2 rings (SSSR count). The molecule has 29 heavy (non-hydrogen) atoms. The van der Waals surface area contributed by atoms with Crippen LogP contribution >= 0.6 is 0 Å². The van der Waals surface area contributed by atoms with E-state index in [0.717, 1.165) is 38.1 Å². The van der Waals surface area contributed by atoms with Crippen molar-refractivity contribution in [3.63, 3.8) is 0 Å². The van der Waals surface area contributed by atoms with Crippen molar-refractivity contribution in [2.45, 2.75) is 12.8 Å². The number of rotatable bonds is 4. The first-order valence-corrected chi connectivity index (χ1v) is 8.86. The molecule has 0 fully saturated rings. The molecule has 0 aliphatic heterocycles. The van der Waals surface area contributed by atoms with E-state index in [1.54, 1.807) is 0 Å². The van der Waals surface area contributed by atoms with Gasteiger partial charge in [0, 0.05) is 0 Å². The number of halogens is 2. The van der Waals surface area contributed by atoms with E-state index in [0.29, 0.717) is 0 Å². The van der Waals surface area contributed by atoms with Gasteiger partial charge < -0.3 is 20.0 Å². The minimum atomic E-state index is -0.687. The van der Waals surface area contributed by atoms with Crippen LogP contribution in [-0.4, -0.2) is 75.0 Å². The molecule has 0 heterocycles. The maximum atomic E-state index is 12.0. The van der Waals surface area contributed by atoms with Crippen LogP contribution in [0.2, 0.25) is 0 Å². The zero-order chi connectivity index (χ0) is 21.9. The van der Waals surface area contributed by atoms with Crippen LogP contribution in [0, 0.1) is 25.5 Å². The number of para-hydroxylation sites is 2. The Balaban J connectivity index is -0.000000311. The summed E-state index contributed by atoms with van der Waals surface area (Å²) in [5, 5.41) is 20.5. The summed E-state index contributed by atoms with van der Waals surface area (Å²) < 4.78 is 24.0. The van der Waals surface area contributed by atoms with Crippen LogP contribution in [0.1, 0.15) is 12.8 Å². The molecule has 4 radical (unpaired) electrons. The van der Waals surface area contributed by atoms with E-state index in [1.165, 1.54) is 36.4 Å². The summed E-state index contributed by atoms with van der Waals surface area (Å²) in [7, 11) is 8.19. The molecule has 2 aromatic rings. The Labute approximate surface area is 192 Å². The van der Waals surface area contributed by atoms with E-state index in [2.05, 4.69) is 23.6 Å². The predicted octanol–water partition coefficient (Wildman–Crippen LogP) is 2.96. The molecular formula is C22H32F2N2O2Sn. The summed E-state index contributed by atoms with van der Waals surface area (Å²) in [4.78, 5) is 4.24. The van der Waals surface area contributed by atoms with Gasteiger partial charge in [-0.2, -0.15) is 0 Å². The van der Waals surface area contributed by atoms with Gasteiger partial charge in [-0.1, -0.05) is 61.7 Å². The summed E-state index contributed by atoms with van der Waals surface area (Å²) in [6.07, 6.45) is 2.01. The van der Waals surface area contributed by atoms with Crippen molar-refractivity contribution in [1.29, 1.82) is 0 Å². The number of hydrogen-bond donors (Lipinski definition) is 0. The van der Waals surface area contributed by atoms with Gasteiger partial charge in [0.2, 0.25) is 0 Å². The van der Waals surface area contributed by atoms with Gasteiger partial charge in [0.1, 0.15) is 11.6 Å². The average Bonchev–Trinajstić information content (AvgIpc) is 2.62. The fourth-order valence-electron chi connectivity index (χ4n) is 1.52. The molecule has 0 saturated carbocycles. The van der Waals surface area contributed by atoms with E-state index >= 15 is 0 Å². The molecule has 0 saturated heterocycles. The van der Waals surface area contributed by atoms with Gasteiger partial charge in [0.15, 0.2) is 0 Å². The third-order valence-electron chi connectivity index (χ3n) is 2.88. The van der Waals surface area contributed by atoms with Crippen molar-refractivity contribution < 1.29 is 19.0 Å². The summed E-state index contributed by atoms with van der Waals surface area (Å²) >= 11 is 0. The van der Waals surface area contributed by atoms with Crippen LogP contribution in [0.3, 0.4) is 0 Å². The van der Waals surface area contributed by atoms with Crippen LogP contribution in [0.4, 0.5) is 8.78 Å². The molecule has 160 valence electrons. The minimum Gasteiger partial charge on any atom is -0.870 e. The molecule has 0 spiro atoms. The Morgan fingerprint density at radius 3 is 1.07 bits per heavy atom. The number of hydrogen-bond acceptors (Lipinski definition) is 4. The normalized spacial score (nSPS) is 9.17. The van der Waals surface area contributed by atoms with E-state index < -0.39 is 23.1 Å². The van der Waals surface area contributed by atoms with Crippen molar-refractivity contribution in [3.8, 4) is 11.5 Å². The molecule has 0 bridgehead atoms. The standard InChI is InChI=1S/2C6H5FO.2C5H12N.Sn/c2*7-5-3-1-2-4-6(5)8;2*1-4-5-6(2)3;/h2*1-4,8H;2*1,4-5H2,2-3H3;/q;;;;+2/p-2. The van der Waals surface area contributed by atoms with Gasteiger partial charge >= 0.3 is 23.9 Å². The van der Waals surface area contributed by atoms with Crippen molar-refractivity contribution in [3.05, 3.63) is 74.0 Å². The SMILES string of the molecule is [CH2]CCN(C)C.[CH2]CCN(C)C.[O-]c1ccccc1F.[O-]c1ccccc1F.[Sn+2]. The van der Waals surface area contributed by atoms with Gasteiger partial charge in [-0.3, -0.25) is 0 Å². The monoisotopic (exact) mass is 514 g/mol. The van der Waals surface area contributed by atoms with Crippen molar-refractivity contribution in [2.75, 3.05) is 41.3 Å². The number of nitrogens with zero attached hydrogens (tertiary/aromatic N) is 2. The van der Waals surface area contributed by atoms with E-state index in [-0.39, 0.29) is 23.9 Å². The third-order valence-corrected chi connectivity index (χ3v) is 2.88. The van der Waals surface area contributed by atoms with Crippen molar-refractivity contribution in [1.82, 2.24) is 9.80 Å². The average molecular weight is 513 g/mol. The first-order chi connectivity index (χ1) is 13.1. The Kier molecular flexibility index (Phi) is 23.7. The smallest absolute Gasteiger partial charge is 0.870 e. The maximum Gasteiger partial charge on any atom is 2.00 e. The Hall–Kier alpha value is -1.38. The zero-order valence-corrected chi connectivity index (χ0v) is 20.7. The molecule has 2 aromatic carbocycles. The summed E-state index contributed by atoms with van der Waals surface area (Å²) in [5.41, 5.74) is 0. The molecule has 0 atom stereocenters. The molecule has 0 N–H and O–H groups in total.